The summed E-state index contributed by atoms with van der Waals surface area (Å²) in [5.74, 6) is 0.552. The molecule has 0 aliphatic carbocycles. The van der Waals surface area contributed by atoms with E-state index in [1.54, 1.807) is 9.58 Å². The Morgan fingerprint density at radius 2 is 1.71 bits per heavy atom. The van der Waals surface area contributed by atoms with Crippen LogP contribution in [-0.2, 0) is 11.8 Å². The van der Waals surface area contributed by atoms with Crippen LogP contribution in [-0.4, -0.2) is 63.2 Å². The number of fused-ring (bicyclic) bond motifs is 1. The van der Waals surface area contributed by atoms with Gasteiger partial charge in [0, 0.05) is 31.9 Å². The van der Waals surface area contributed by atoms with Crippen LogP contribution in [0.2, 0.25) is 0 Å². The van der Waals surface area contributed by atoms with E-state index in [0.717, 1.165) is 42.6 Å². The van der Waals surface area contributed by atoms with Crippen molar-refractivity contribution in [3.63, 3.8) is 0 Å². The normalized spacial score (nSPS) is 21.1. The van der Waals surface area contributed by atoms with Crippen molar-refractivity contribution in [2.75, 3.05) is 19.6 Å². The summed E-state index contributed by atoms with van der Waals surface area (Å²) in [5, 5.41) is 5.30. The lowest BCUT2D eigenvalue weighted by molar-refractivity contribution is -0.134. The number of hydrogen-bond donors (Lipinski definition) is 0. The molecule has 0 radical (unpaired) electrons. The third kappa shape index (κ3) is 3.65. The quantitative estimate of drug-likeness (QED) is 0.654. The van der Waals surface area contributed by atoms with E-state index < -0.39 is 6.04 Å². The Bertz CT molecular complexity index is 1100. The highest BCUT2D eigenvalue weighted by molar-refractivity contribution is 6.06. The SMILES string of the molecule is Cn1nc(C(=O)N2C[C@@H](Oc3ccccc3)C[C@H]2C(=O)N2CCCC2)c2ccccc21. The predicted molar refractivity (Wildman–Crippen MR) is 117 cm³/mol. The van der Waals surface area contributed by atoms with Crippen molar-refractivity contribution in [1.29, 1.82) is 0 Å². The first-order valence-corrected chi connectivity index (χ1v) is 10.8. The van der Waals surface area contributed by atoms with Gasteiger partial charge in [-0.1, -0.05) is 36.4 Å². The molecule has 2 aliphatic heterocycles. The van der Waals surface area contributed by atoms with E-state index >= 15 is 0 Å². The van der Waals surface area contributed by atoms with E-state index in [1.165, 1.54) is 0 Å². The Labute approximate surface area is 181 Å². The summed E-state index contributed by atoms with van der Waals surface area (Å²) >= 11 is 0. The Balaban J connectivity index is 1.45. The van der Waals surface area contributed by atoms with Crippen molar-refractivity contribution >= 4 is 22.7 Å². The molecule has 1 aromatic heterocycles. The smallest absolute Gasteiger partial charge is 0.275 e. The molecule has 0 N–H and O–H groups in total. The van der Waals surface area contributed by atoms with Crippen molar-refractivity contribution in [2.45, 2.75) is 31.4 Å². The molecule has 0 saturated carbocycles. The summed E-state index contributed by atoms with van der Waals surface area (Å²) in [4.78, 5) is 30.5. The van der Waals surface area contributed by atoms with Crippen LogP contribution < -0.4 is 4.74 Å². The number of aryl methyl sites for hydroxylation is 1. The largest absolute Gasteiger partial charge is 0.488 e. The van der Waals surface area contributed by atoms with Crippen molar-refractivity contribution in [3.8, 4) is 5.75 Å². The maximum atomic E-state index is 13.6. The fraction of sp³-hybridized carbons (Fsp3) is 0.375. The summed E-state index contributed by atoms with van der Waals surface area (Å²) in [6.07, 6.45) is 2.28. The number of hydrogen-bond acceptors (Lipinski definition) is 4. The molecule has 7 nitrogen and oxygen atoms in total. The number of carbonyl (C=O) groups is 2. The van der Waals surface area contributed by atoms with Crippen molar-refractivity contribution < 1.29 is 14.3 Å². The van der Waals surface area contributed by atoms with Crippen LogP contribution in [0.1, 0.15) is 29.8 Å². The van der Waals surface area contributed by atoms with Crippen molar-refractivity contribution in [1.82, 2.24) is 19.6 Å². The summed E-state index contributed by atoms with van der Waals surface area (Å²) in [7, 11) is 1.83. The van der Waals surface area contributed by atoms with Crippen LogP contribution in [0.5, 0.6) is 5.75 Å². The second-order valence-electron chi connectivity index (χ2n) is 8.28. The van der Waals surface area contributed by atoms with Crippen molar-refractivity contribution in [2.24, 2.45) is 7.05 Å². The van der Waals surface area contributed by atoms with E-state index in [9.17, 15) is 9.59 Å². The fourth-order valence-corrected chi connectivity index (χ4v) is 4.69. The number of aromatic nitrogens is 2. The van der Waals surface area contributed by atoms with Crippen LogP contribution in [0.4, 0.5) is 0 Å². The van der Waals surface area contributed by atoms with Crippen LogP contribution in [0, 0.1) is 0 Å². The molecule has 2 aliphatic rings. The molecule has 2 saturated heterocycles. The summed E-state index contributed by atoms with van der Waals surface area (Å²) < 4.78 is 7.85. The van der Waals surface area contributed by atoms with Crippen LogP contribution >= 0.6 is 0 Å². The molecular formula is C24H26N4O3. The number of rotatable bonds is 4. The van der Waals surface area contributed by atoms with Gasteiger partial charge >= 0.3 is 0 Å². The summed E-state index contributed by atoms with van der Waals surface area (Å²) in [6, 6.07) is 16.7. The minimum absolute atomic E-state index is 0.0187. The predicted octanol–water partition coefficient (Wildman–Crippen LogP) is 2.86. The lowest BCUT2D eigenvalue weighted by Gasteiger charge is -2.26. The van der Waals surface area contributed by atoms with Gasteiger partial charge in [-0.25, -0.2) is 0 Å². The van der Waals surface area contributed by atoms with Gasteiger partial charge in [-0.15, -0.1) is 0 Å². The standard InChI is InChI=1S/C24H26N4O3/c1-26-20-12-6-5-11-19(20)22(25-26)24(30)28-16-18(31-17-9-3-2-4-10-17)15-21(28)23(29)27-13-7-8-14-27/h2-6,9-12,18,21H,7-8,13-16H2,1H3/t18-,21-/m0/s1. The molecule has 5 rings (SSSR count). The van der Waals surface area contributed by atoms with E-state index in [-0.39, 0.29) is 17.9 Å². The molecule has 2 atom stereocenters. The molecule has 2 aromatic carbocycles. The summed E-state index contributed by atoms with van der Waals surface area (Å²) in [5.41, 5.74) is 1.28. The Hall–Kier alpha value is -3.35. The maximum Gasteiger partial charge on any atom is 0.275 e. The number of likely N-dealkylation sites (tertiary alicyclic amines) is 2. The minimum atomic E-state index is -0.528. The van der Waals surface area contributed by atoms with Crippen LogP contribution in [0.25, 0.3) is 10.9 Å². The molecule has 2 amide bonds. The topological polar surface area (TPSA) is 67.7 Å². The molecule has 0 bridgehead atoms. The van der Waals surface area contributed by atoms with Gasteiger partial charge in [0.2, 0.25) is 5.91 Å². The van der Waals surface area contributed by atoms with E-state index in [4.69, 9.17) is 4.74 Å². The second-order valence-corrected chi connectivity index (χ2v) is 8.28. The highest BCUT2D eigenvalue weighted by atomic mass is 16.5. The molecule has 0 unspecified atom stereocenters. The monoisotopic (exact) mass is 418 g/mol. The number of nitrogens with zero attached hydrogens (tertiary/aromatic N) is 4. The molecule has 2 fully saturated rings. The van der Waals surface area contributed by atoms with Gasteiger partial charge in [0.25, 0.3) is 5.91 Å². The number of para-hydroxylation sites is 2. The number of amides is 2. The zero-order chi connectivity index (χ0) is 21.4. The zero-order valence-corrected chi connectivity index (χ0v) is 17.6. The molecule has 31 heavy (non-hydrogen) atoms. The van der Waals surface area contributed by atoms with Gasteiger partial charge in [0.05, 0.1) is 12.1 Å². The molecule has 3 aromatic rings. The Kier molecular flexibility index (Phi) is 5.10. The van der Waals surface area contributed by atoms with Gasteiger partial charge in [-0.3, -0.25) is 14.3 Å². The van der Waals surface area contributed by atoms with Gasteiger partial charge < -0.3 is 14.5 Å². The third-order valence-corrected chi connectivity index (χ3v) is 6.23. The van der Waals surface area contributed by atoms with Gasteiger partial charge in [0.1, 0.15) is 17.9 Å². The number of carbonyl (C=O) groups excluding carboxylic acids is 2. The average Bonchev–Trinajstić information content (AvgIpc) is 3.53. The van der Waals surface area contributed by atoms with E-state index in [2.05, 4.69) is 5.10 Å². The molecule has 3 heterocycles. The maximum absolute atomic E-state index is 13.6. The van der Waals surface area contributed by atoms with Crippen molar-refractivity contribution in [3.05, 3.63) is 60.3 Å². The van der Waals surface area contributed by atoms with Gasteiger partial charge in [-0.05, 0) is 31.0 Å². The average molecular weight is 418 g/mol. The number of benzene rings is 2. The molecule has 0 spiro atoms. The first-order chi connectivity index (χ1) is 15.1. The lowest BCUT2D eigenvalue weighted by Crippen LogP contribution is -2.47. The Morgan fingerprint density at radius 3 is 2.48 bits per heavy atom. The first kappa shape index (κ1) is 19.6. The summed E-state index contributed by atoms with van der Waals surface area (Å²) in [6.45, 7) is 1.88. The molecule has 7 heteroatoms. The Morgan fingerprint density at radius 1 is 1.00 bits per heavy atom. The third-order valence-electron chi connectivity index (χ3n) is 6.23. The van der Waals surface area contributed by atoms with Gasteiger partial charge in [-0.2, -0.15) is 5.10 Å². The molecular weight excluding hydrogens is 392 g/mol. The van der Waals surface area contributed by atoms with Gasteiger partial charge in [0.15, 0.2) is 5.69 Å². The van der Waals surface area contributed by atoms with E-state index in [1.807, 2.05) is 66.5 Å². The second kappa shape index (κ2) is 8.06. The highest BCUT2D eigenvalue weighted by Gasteiger charge is 2.44. The minimum Gasteiger partial charge on any atom is -0.488 e. The number of ether oxygens (including phenoxy) is 1. The zero-order valence-electron chi connectivity index (χ0n) is 17.6. The fourth-order valence-electron chi connectivity index (χ4n) is 4.69. The van der Waals surface area contributed by atoms with Crippen LogP contribution in [0.15, 0.2) is 54.6 Å². The molecule has 160 valence electrons. The van der Waals surface area contributed by atoms with Crippen LogP contribution in [0.3, 0.4) is 0 Å². The highest BCUT2D eigenvalue weighted by Crippen LogP contribution is 2.29. The lowest BCUT2D eigenvalue weighted by atomic mass is 10.1. The van der Waals surface area contributed by atoms with E-state index in [0.29, 0.717) is 18.7 Å². The first-order valence-electron chi connectivity index (χ1n) is 10.8.